The highest BCUT2D eigenvalue weighted by Gasteiger charge is 2.43. The lowest BCUT2D eigenvalue weighted by Crippen LogP contribution is -2.42. The van der Waals surface area contributed by atoms with Gasteiger partial charge >= 0.3 is 6.18 Å². The fourth-order valence-electron chi connectivity index (χ4n) is 5.22. The predicted octanol–water partition coefficient (Wildman–Crippen LogP) is 4.84. The van der Waals surface area contributed by atoms with Crippen molar-refractivity contribution < 1.29 is 26.0 Å². The Hall–Kier alpha value is -2.33. The van der Waals surface area contributed by atoms with Gasteiger partial charge in [0.25, 0.3) is 0 Å². The molecule has 10 heteroatoms. The lowest BCUT2D eigenvalue weighted by molar-refractivity contribution is -0.107. The molecular formula is C24H26F4N3O2S. The molecule has 1 aromatic carbocycles. The molecule has 183 valence electrons. The number of hydrogen-bond donors (Lipinski definition) is 1. The summed E-state index contributed by atoms with van der Waals surface area (Å²) in [5.41, 5.74) is 8.18. The van der Waals surface area contributed by atoms with E-state index in [0.29, 0.717) is 6.42 Å². The van der Waals surface area contributed by atoms with Crippen LogP contribution in [-0.4, -0.2) is 37.7 Å². The second-order valence-corrected chi connectivity index (χ2v) is 11.4. The van der Waals surface area contributed by atoms with E-state index in [1.54, 1.807) is 12.1 Å². The number of sulfonamides is 1. The van der Waals surface area contributed by atoms with Crippen molar-refractivity contribution in [1.82, 2.24) is 9.73 Å². The molecule has 1 fully saturated rings. The Morgan fingerprint density at radius 2 is 1.85 bits per heavy atom. The second-order valence-electron chi connectivity index (χ2n) is 9.42. The lowest BCUT2D eigenvalue weighted by atomic mass is 9.80. The quantitative estimate of drug-likeness (QED) is 0.549. The smallest absolute Gasteiger partial charge is 0.301 e. The Morgan fingerprint density at radius 3 is 2.50 bits per heavy atom. The van der Waals surface area contributed by atoms with E-state index >= 15 is 0 Å². The number of nitrogens with zero attached hydrogens (tertiary/aromatic N) is 2. The van der Waals surface area contributed by atoms with E-state index in [1.807, 2.05) is 18.1 Å². The molecule has 1 heterocycles. The van der Waals surface area contributed by atoms with Gasteiger partial charge in [0.05, 0.1) is 11.4 Å². The number of hydrogen-bond acceptors (Lipinski definition) is 4. The number of benzene rings is 1. The summed E-state index contributed by atoms with van der Waals surface area (Å²) < 4.78 is 78.7. The first-order chi connectivity index (χ1) is 16.0. The monoisotopic (exact) mass is 496 g/mol. The van der Waals surface area contributed by atoms with Crippen molar-refractivity contribution in [1.29, 1.82) is 0 Å². The molecule has 1 saturated carbocycles. The van der Waals surface area contributed by atoms with Crippen molar-refractivity contribution in [3.63, 3.8) is 0 Å². The topological polar surface area (TPSA) is 52.6 Å². The van der Waals surface area contributed by atoms with Crippen LogP contribution in [-0.2, 0) is 10.0 Å². The third kappa shape index (κ3) is 4.62. The Kier molecular flexibility index (Phi) is 5.79. The number of halogens is 4. The number of rotatable bonds is 7. The van der Waals surface area contributed by atoms with Crippen LogP contribution in [0.4, 0.5) is 23.2 Å². The molecule has 5 nitrogen and oxygen atoms in total. The minimum absolute atomic E-state index is 0.0128. The van der Waals surface area contributed by atoms with Crippen molar-refractivity contribution in [2.75, 3.05) is 23.9 Å². The Bertz CT molecular complexity index is 1170. The van der Waals surface area contributed by atoms with Gasteiger partial charge in [0.15, 0.2) is 5.75 Å². The van der Waals surface area contributed by atoms with Gasteiger partial charge in [-0.1, -0.05) is 12.5 Å². The van der Waals surface area contributed by atoms with Crippen molar-refractivity contribution >= 4 is 15.7 Å². The summed E-state index contributed by atoms with van der Waals surface area (Å²) in [6.45, 7) is 2.19. The largest absolute Gasteiger partial charge is 0.404 e. The van der Waals surface area contributed by atoms with Crippen LogP contribution in [0.3, 0.4) is 0 Å². The summed E-state index contributed by atoms with van der Waals surface area (Å²) in [5.74, 6) is -1.31. The molecule has 3 aliphatic carbocycles. The molecule has 1 radical (unpaired) electrons. The predicted molar refractivity (Wildman–Crippen MR) is 121 cm³/mol. The van der Waals surface area contributed by atoms with E-state index in [0.717, 1.165) is 57.6 Å². The highest BCUT2D eigenvalue weighted by atomic mass is 32.2. The molecule has 0 saturated heterocycles. The van der Waals surface area contributed by atoms with Crippen LogP contribution >= 0.6 is 0 Å². The summed E-state index contributed by atoms with van der Waals surface area (Å²) in [5, 5.41) is 1.88. The van der Waals surface area contributed by atoms with Gasteiger partial charge in [-0.05, 0) is 73.4 Å². The summed E-state index contributed by atoms with van der Waals surface area (Å²) in [7, 11) is -4.46. The van der Waals surface area contributed by atoms with Crippen LogP contribution in [0.1, 0.15) is 32.6 Å². The number of hydrazine groups is 1. The van der Waals surface area contributed by atoms with Crippen molar-refractivity contribution in [3.8, 4) is 0 Å². The van der Waals surface area contributed by atoms with E-state index in [2.05, 4.69) is 11.5 Å². The molecular weight excluding hydrogens is 470 g/mol. The first kappa shape index (κ1) is 23.4. The summed E-state index contributed by atoms with van der Waals surface area (Å²) in [4.78, 5) is 0. The Labute approximate surface area is 196 Å². The molecule has 1 aliphatic heterocycles. The average Bonchev–Trinajstić information content (AvgIpc) is 3.31. The Balaban J connectivity index is 1.40. The minimum atomic E-state index is -4.77. The molecule has 0 aromatic heterocycles. The number of nitrogens with one attached hydrogen (secondary N) is 1. The van der Waals surface area contributed by atoms with Gasteiger partial charge in [-0.15, -0.1) is 0 Å². The van der Waals surface area contributed by atoms with Gasteiger partial charge in [-0.2, -0.15) is 13.2 Å². The van der Waals surface area contributed by atoms with Crippen LogP contribution in [0, 0.1) is 23.6 Å². The standard InChI is InChI=1S/C24H26F4N3O2S/c1-15-21-11-29-31(20-8-6-19(25)7-9-20)22(21)10-17-4-5-18(23(15)17)13-30(12-16-2-3-16)34(32,33)14-24(26,27)28/h6-11,15,18,29H,2-5,12-14H2,1H3/t15-,18+/m0/s1. The minimum Gasteiger partial charge on any atom is -0.301 e. The molecule has 0 spiro atoms. The van der Waals surface area contributed by atoms with E-state index in [-0.39, 0.29) is 30.7 Å². The van der Waals surface area contributed by atoms with Crippen LogP contribution in [0.15, 0.2) is 59.0 Å². The molecule has 5 rings (SSSR count). The number of alkyl halides is 3. The van der Waals surface area contributed by atoms with Gasteiger partial charge in [0, 0.05) is 30.8 Å². The number of anilines is 1. The first-order valence-electron chi connectivity index (χ1n) is 11.4. The zero-order valence-corrected chi connectivity index (χ0v) is 19.5. The molecule has 1 aromatic rings. The van der Waals surface area contributed by atoms with Crippen LogP contribution in [0.2, 0.25) is 0 Å². The number of allylic oxidation sites excluding steroid dienone is 3. The molecule has 4 aliphatic rings. The summed E-state index contributed by atoms with van der Waals surface area (Å²) in [6, 6.07) is 6.16. The average molecular weight is 497 g/mol. The molecule has 0 amide bonds. The number of fused-ring (bicyclic) bond motifs is 1. The fraction of sp³-hybridized carbons (Fsp3) is 0.458. The third-order valence-corrected chi connectivity index (χ3v) is 8.71. The second kappa shape index (κ2) is 8.41. The molecule has 2 atom stereocenters. The zero-order valence-electron chi connectivity index (χ0n) is 18.7. The fourth-order valence-corrected chi connectivity index (χ4v) is 6.61. The van der Waals surface area contributed by atoms with Crippen LogP contribution in [0.25, 0.3) is 0 Å². The maximum atomic E-state index is 13.4. The molecule has 1 N–H and O–H groups in total. The lowest BCUT2D eigenvalue weighted by Gasteiger charge is -2.32. The van der Waals surface area contributed by atoms with Crippen LogP contribution in [0.5, 0.6) is 0 Å². The van der Waals surface area contributed by atoms with E-state index < -0.39 is 22.0 Å². The van der Waals surface area contributed by atoms with Gasteiger partial charge in [0.2, 0.25) is 10.0 Å². The SMILES string of the molecule is C[C@H]1C2=CNN(c3ccc(F)cc3)C2=CC2=C1[C@@H](CN(C[C]1CC1)S(=O)(=O)CC(F)(F)F)CC2. The third-order valence-electron chi connectivity index (χ3n) is 6.95. The zero-order chi connectivity index (χ0) is 24.3. The van der Waals surface area contributed by atoms with Gasteiger partial charge < -0.3 is 5.43 Å². The highest BCUT2D eigenvalue weighted by Crippen LogP contribution is 2.48. The normalized spacial score (nSPS) is 24.7. The molecule has 0 bridgehead atoms. The Morgan fingerprint density at radius 1 is 1.15 bits per heavy atom. The van der Waals surface area contributed by atoms with Gasteiger partial charge in [0.1, 0.15) is 5.82 Å². The molecule has 34 heavy (non-hydrogen) atoms. The van der Waals surface area contributed by atoms with E-state index in [9.17, 15) is 26.0 Å². The highest BCUT2D eigenvalue weighted by molar-refractivity contribution is 7.89. The van der Waals surface area contributed by atoms with E-state index in [1.165, 1.54) is 12.1 Å². The summed E-state index contributed by atoms with van der Waals surface area (Å²) in [6.07, 6.45) is 2.16. The first-order valence-corrected chi connectivity index (χ1v) is 13.0. The maximum Gasteiger partial charge on any atom is 0.404 e. The van der Waals surface area contributed by atoms with Gasteiger partial charge in [-0.25, -0.2) is 17.1 Å². The van der Waals surface area contributed by atoms with Crippen LogP contribution < -0.4 is 10.4 Å². The maximum absolute atomic E-state index is 13.4. The van der Waals surface area contributed by atoms with Gasteiger partial charge in [-0.3, -0.25) is 5.01 Å². The van der Waals surface area contributed by atoms with E-state index in [4.69, 9.17) is 0 Å². The molecule has 0 unspecified atom stereocenters. The van der Waals surface area contributed by atoms with Crippen molar-refractivity contribution in [2.45, 2.75) is 38.8 Å². The summed E-state index contributed by atoms with van der Waals surface area (Å²) >= 11 is 0. The van der Waals surface area contributed by atoms with Crippen molar-refractivity contribution in [2.24, 2.45) is 11.8 Å². The van der Waals surface area contributed by atoms with Crippen molar-refractivity contribution in [3.05, 3.63) is 70.7 Å².